The number of nitrogens with zero attached hydrogens (tertiary/aromatic N) is 1. The van der Waals surface area contributed by atoms with Crippen LogP contribution in [-0.4, -0.2) is 50.3 Å². The van der Waals surface area contributed by atoms with Crippen LogP contribution >= 0.6 is 0 Å². The molecule has 0 bridgehead atoms. The number of rotatable bonds is 5. The van der Waals surface area contributed by atoms with E-state index < -0.39 is 0 Å². The van der Waals surface area contributed by atoms with Crippen molar-refractivity contribution in [3.63, 3.8) is 0 Å². The molecule has 2 atom stereocenters. The lowest BCUT2D eigenvalue weighted by molar-refractivity contribution is 0.130. The molecule has 0 spiro atoms. The van der Waals surface area contributed by atoms with E-state index in [0.29, 0.717) is 0 Å². The average molecular weight is 254 g/mol. The molecule has 1 N–H and O–H groups in total. The highest BCUT2D eigenvalue weighted by molar-refractivity contribution is 4.83. The van der Waals surface area contributed by atoms with Gasteiger partial charge in [-0.25, -0.2) is 0 Å². The summed E-state index contributed by atoms with van der Waals surface area (Å²) in [5.41, 5.74) is 0. The highest BCUT2D eigenvalue weighted by Crippen LogP contribution is 2.25. The molecule has 1 aliphatic heterocycles. The molecule has 18 heavy (non-hydrogen) atoms. The summed E-state index contributed by atoms with van der Waals surface area (Å²) < 4.78 is 5.55. The normalized spacial score (nSPS) is 31.2. The molecule has 0 amide bonds. The van der Waals surface area contributed by atoms with Gasteiger partial charge < -0.3 is 15.0 Å². The average Bonchev–Trinajstić information content (AvgIpc) is 2.66. The van der Waals surface area contributed by atoms with Crippen LogP contribution in [0.4, 0.5) is 0 Å². The second-order valence-corrected chi connectivity index (χ2v) is 5.87. The van der Waals surface area contributed by atoms with E-state index in [1.54, 1.807) is 0 Å². The van der Waals surface area contributed by atoms with Crippen LogP contribution in [0.15, 0.2) is 0 Å². The largest absolute Gasteiger partial charge is 0.380 e. The number of ether oxygens (including phenoxy) is 1. The summed E-state index contributed by atoms with van der Waals surface area (Å²) in [6.07, 6.45) is 8.11. The Hall–Kier alpha value is -0.120. The van der Waals surface area contributed by atoms with Gasteiger partial charge in [0.25, 0.3) is 0 Å². The lowest BCUT2D eigenvalue weighted by atomic mass is 9.84. The molecule has 2 rings (SSSR count). The van der Waals surface area contributed by atoms with Crippen LogP contribution < -0.4 is 5.32 Å². The molecule has 1 heterocycles. The van der Waals surface area contributed by atoms with Crippen molar-refractivity contribution in [1.29, 1.82) is 0 Å². The van der Waals surface area contributed by atoms with Crippen LogP contribution in [0.5, 0.6) is 0 Å². The molecule has 3 nitrogen and oxygen atoms in total. The third-order valence-corrected chi connectivity index (χ3v) is 4.37. The van der Waals surface area contributed by atoms with E-state index in [9.17, 15) is 0 Å². The van der Waals surface area contributed by atoms with Crippen molar-refractivity contribution in [1.82, 2.24) is 10.2 Å². The second-order valence-electron chi connectivity index (χ2n) is 5.87. The zero-order valence-corrected chi connectivity index (χ0v) is 12.0. The molecule has 2 fully saturated rings. The predicted molar refractivity (Wildman–Crippen MR) is 75.9 cm³/mol. The quantitative estimate of drug-likeness (QED) is 0.814. The first-order valence-electron chi connectivity index (χ1n) is 7.93. The Balaban J connectivity index is 1.79. The molecule has 1 saturated heterocycles. The fourth-order valence-corrected chi connectivity index (χ4v) is 3.34. The van der Waals surface area contributed by atoms with Crippen LogP contribution in [-0.2, 0) is 4.74 Å². The van der Waals surface area contributed by atoms with Gasteiger partial charge in [0.15, 0.2) is 0 Å². The van der Waals surface area contributed by atoms with Crippen LogP contribution in [0, 0.1) is 5.92 Å². The first kappa shape index (κ1) is 14.3. The Labute approximate surface area is 112 Å². The van der Waals surface area contributed by atoms with Crippen LogP contribution in [0.1, 0.15) is 45.4 Å². The molecule has 0 aromatic heterocycles. The SMILES string of the molecule is CCCNC1CCCCC1CN1CCCOCC1. The maximum Gasteiger partial charge on any atom is 0.0593 e. The Morgan fingerprint density at radius 1 is 1.11 bits per heavy atom. The fourth-order valence-electron chi connectivity index (χ4n) is 3.34. The highest BCUT2D eigenvalue weighted by atomic mass is 16.5. The van der Waals surface area contributed by atoms with Crippen molar-refractivity contribution in [2.45, 2.75) is 51.5 Å². The van der Waals surface area contributed by atoms with E-state index in [1.165, 1.54) is 58.2 Å². The molecule has 0 aromatic carbocycles. The lowest BCUT2D eigenvalue weighted by Gasteiger charge is -2.35. The summed E-state index contributed by atoms with van der Waals surface area (Å²) in [6, 6.07) is 0.767. The maximum atomic E-state index is 5.55. The van der Waals surface area contributed by atoms with Gasteiger partial charge >= 0.3 is 0 Å². The summed E-state index contributed by atoms with van der Waals surface area (Å²) >= 11 is 0. The molecular formula is C15H30N2O. The summed E-state index contributed by atoms with van der Waals surface area (Å²) in [5, 5.41) is 3.77. The number of nitrogens with one attached hydrogen (secondary N) is 1. The summed E-state index contributed by atoms with van der Waals surface area (Å²) in [7, 11) is 0. The topological polar surface area (TPSA) is 24.5 Å². The van der Waals surface area contributed by atoms with Gasteiger partial charge in [0.2, 0.25) is 0 Å². The van der Waals surface area contributed by atoms with Crippen molar-refractivity contribution in [3.05, 3.63) is 0 Å². The van der Waals surface area contributed by atoms with E-state index in [2.05, 4.69) is 17.1 Å². The lowest BCUT2D eigenvalue weighted by Crippen LogP contribution is -2.45. The minimum absolute atomic E-state index is 0.767. The minimum atomic E-state index is 0.767. The monoisotopic (exact) mass is 254 g/mol. The highest BCUT2D eigenvalue weighted by Gasteiger charge is 2.26. The van der Waals surface area contributed by atoms with E-state index in [4.69, 9.17) is 4.74 Å². The Morgan fingerprint density at radius 3 is 2.89 bits per heavy atom. The summed E-state index contributed by atoms with van der Waals surface area (Å²) in [6.45, 7) is 8.98. The molecule has 0 aromatic rings. The molecule has 0 radical (unpaired) electrons. The van der Waals surface area contributed by atoms with Crippen LogP contribution in [0.25, 0.3) is 0 Å². The fraction of sp³-hybridized carbons (Fsp3) is 1.00. The second kappa shape index (κ2) is 8.13. The molecule has 2 unspecified atom stereocenters. The summed E-state index contributed by atoms with van der Waals surface area (Å²) in [4.78, 5) is 2.63. The van der Waals surface area contributed by atoms with Crippen molar-refractivity contribution >= 4 is 0 Å². The van der Waals surface area contributed by atoms with Gasteiger partial charge in [-0.05, 0) is 38.1 Å². The standard InChI is InChI=1S/C15H30N2O/c1-2-8-16-15-7-4-3-6-14(15)13-17-9-5-11-18-12-10-17/h14-16H,2-13H2,1H3. The van der Waals surface area contributed by atoms with Crippen molar-refractivity contribution in [2.75, 3.05) is 39.4 Å². The van der Waals surface area contributed by atoms with Gasteiger partial charge in [-0.1, -0.05) is 19.8 Å². The van der Waals surface area contributed by atoms with E-state index in [-0.39, 0.29) is 0 Å². The van der Waals surface area contributed by atoms with E-state index in [0.717, 1.165) is 31.7 Å². The van der Waals surface area contributed by atoms with Gasteiger partial charge in [-0.15, -0.1) is 0 Å². The van der Waals surface area contributed by atoms with Crippen molar-refractivity contribution in [3.8, 4) is 0 Å². The molecule has 106 valence electrons. The van der Waals surface area contributed by atoms with Crippen molar-refractivity contribution in [2.24, 2.45) is 5.92 Å². The predicted octanol–water partition coefficient (Wildman–Crippen LogP) is 2.27. The van der Waals surface area contributed by atoms with Gasteiger partial charge in [0.1, 0.15) is 0 Å². The summed E-state index contributed by atoms with van der Waals surface area (Å²) in [5.74, 6) is 0.864. The number of hydrogen-bond donors (Lipinski definition) is 1. The first-order chi connectivity index (χ1) is 8.90. The minimum Gasteiger partial charge on any atom is -0.380 e. The van der Waals surface area contributed by atoms with Gasteiger partial charge in [0, 0.05) is 32.3 Å². The van der Waals surface area contributed by atoms with Crippen LogP contribution in [0.2, 0.25) is 0 Å². The number of hydrogen-bond acceptors (Lipinski definition) is 3. The zero-order valence-electron chi connectivity index (χ0n) is 12.0. The van der Waals surface area contributed by atoms with Crippen LogP contribution in [0.3, 0.4) is 0 Å². The molecule has 1 saturated carbocycles. The third kappa shape index (κ3) is 4.52. The van der Waals surface area contributed by atoms with Crippen molar-refractivity contribution < 1.29 is 4.74 Å². The molecule has 2 aliphatic rings. The van der Waals surface area contributed by atoms with Gasteiger partial charge in [0.05, 0.1) is 6.61 Å². The maximum absolute atomic E-state index is 5.55. The molecule has 3 heteroatoms. The Morgan fingerprint density at radius 2 is 2.00 bits per heavy atom. The van der Waals surface area contributed by atoms with E-state index in [1.807, 2.05) is 0 Å². The molecule has 1 aliphatic carbocycles. The van der Waals surface area contributed by atoms with E-state index >= 15 is 0 Å². The van der Waals surface area contributed by atoms with Gasteiger partial charge in [-0.3, -0.25) is 0 Å². The first-order valence-corrected chi connectivity index (χ1v) is 7.93. The Kier molecular flexibility index (Phi) is 6.46. The molecular weight excluding hydrogens is 224 g/mol. The zero-order chi connectivity index (χ0) is 12.6. The van der Waals surface area contributed by atoms with Gasteiger partial charge in [-0.2, -0.15) is 0 Å². The third-order valence-electron chi connectivity index (χ3n) is 4.37. The Bertz CT molecular complexity index is 215. The smallest absolute Gasteiger partial charge is 0.0593 e.